The van der Waals surface area contributed by atoms with Gasteiger partial charge in [-0.3, -0.25) is 4.79 Å². The number of nitrogens with zero attached hydrogens (tertiary/aromatic N) is 1. The first-order valence-electron chi connectivity index (χ1n) is 5.89. The van der Waals surface area contributed by atoms with E-state index in [1.165, 1.54) is 0 Å². The summed E-state index contributed by atoms with van der Waals surface area (Å²) in [7, 11) is 0. The molecule has 2 N–H and O–H groups in total. The topological polar surface area (TPSA) is 64.8 Å². The first-order valence-corrected chi connectivity index (χ1v) is 5.89. The van der Waals surface area contributed by atoms with Crippen LogP contribution in [0, 0.1) is 0 Å². The Kier molecular flexibility index (Phi) is 10.4. The van der Waals surface area contributed by atoms with Crippen molar-refractivity contribution in [3.8, 4) is 0 Å². The molecule has 16 heavy (non-hydrogen) atoms. The maximum absolute atomic E-state index is 11.7. The molecular formula is C11H24N2O3. The van der Waals surface area contributed by atoms with Crippen LogP contribution in [-0.2, 0) is 14.3 Å². The standard InChI is InChI=1S/C11H24N2O3/c1-3-15-9-7-13(8-10-16-4-2)11(14)5-6-12/h3-10,12H2,1-2H3. The molecule has 0 aliphatic carbocycles. The van der Waals surface area contributed by atoms with Crippen molar-refractivity contribution in [2.75, 3.05) is 46.1 Å². The monoisotopic (exact) mass is 232 g/mol. The number of nitrogens with two attached hydrogens (primary N) is 1. The van der Waals surface area contributed by atoms with Gasteiger partial charge in [0.15, 0.2) is 0 Å². The summed E-state index contributed by atoms with van der Waals surface area (Å²) < 4.78 is 10.5. The molecule has 0 aliphatic rings. The van der Waals surface area contributed by atoms with Gasteiger partial charge in [-0.15, -0.1) is 0 Å². The number of ether oxygens (including phenoxy) is 2. The zero-order chi connectivity index (χ0) is 12.2. The predicted molar refractivity (Wildman–Crippen MR) is 63.2 cm³/mol. The van der Waals surface area contributed by atoms with E-state index in [2.05, 4.69) is 0 Å². The minimum atomic E-state index is 0.0712. The van der Waals surface area contributed by atoms with Crippen LogP contribution in [0.15, 0.2) is 0 Å². The third-order valence-corrected chi connectivity index (χ3v) is 2.13. The van der Waals surface area contributed by atoms with Crippen molar-refractivity contribution >= 4 is 5.91 Å². The average Bonchev–Trinajstić information content (AvgIpc) is 2.28. The van der Waals surface area contributed by atoms with Crippen molar-refractivity contribution in [1.29, 1.82) is 0 Å². The van der Waals surface area contributed by atoms with Gasteiger partial charge in [0, 0.05) is 39.3 Å². The fraction of sp³-hybridized carbons (Fsp3) is 0.909. The Morgan fingerprint density at radius 3 is 2.00 bits per heavy atom. The molecular weight excluding hydrogens is 208 g/mol. The van der Waals surface area contributed by atoms with Crippen LogP contribution >= 0.6 is 0 Å². The van der Waals surface area contributed by atoms with Gasteiger partial charge in [0.25, 0.3) is 0 Å². The lowest BCUT2D eigenvalue weighted by molar-refractivity contribution is -0.132. The van der Waals surface area contributed by atoms with Gasteiger partial charge in [-0.1, -0.05) is 0 Å². The SMILES string of the molecule is CCOCCN(CCOCC)C(=O)CCN. The van der Waals surface area contributed by atoms with E-state index in [4.69, 9.17) is 15.2 Å². The second-order valence-corrected chi connectivity index (χ2v) is 3.31. The first-order chi connectivity index (χ1) is 7.76. The van der Waals surface area contributed by atoms with E-state index in [0.29, 0.717) is 52.5 Å². The molecule has 0 rings (SSSR count). The Balaban J connectivity index is 3.89. The van der Waals surface area contributed by atoms with Crippen molar-refractivity contribution < 1.29 is 14.3 Å². The lowest BCUT2D eigenvalue weighted by Crippen LogP contribution is -2.37. The maximum atomic E-state index is 11.7. The second-order valence-electron chi connectivity index (χ2n) is 3.31. The summed E-state index contributed by atoms with van der Waals surface area (Å²) in [5, 5.41) is 0. The summed E-state index contributed by atoms with van der Waals surface area (Å²) in [4.78, 5) is 13.4. The van der Waals surface area contributed by atoms with Gasteiger partial charge in [0.2, 0.25) is 5.91 Å². The van der Waals surface area contributed by atoms with E-state index in [9.17, 15) is 4.79 Å². The molecule has 0 bridgehead atoms. The molecule has 5 heteroatoms. The highest BCUT2D eigenvalue weighted by Gasteiger charge is 2.11. The second kappa shape index (κ2) is 10.9. The Labute approximate surface area is 97.9 Å². The van der Waals surface area contributed by atoms with Crippen LogP contribution in [0.1, 0.15) is 20.3 Å². The zero-order valence-corrected chi connectivity index (χ0v) is 10.4. The molecule has 0 fully saturated rings. The highest BCUT2D eigenvalue weighted by atomic mass is 16.5. The van der Waals surface area contributed by atoms with E-state index >= 15 is 0 Å². The van der Waals surface area contributed by atoms with Crippen LogP contribution in [-0.4, -0.2) is 56.9 Å². The summed E-state index contributed by atoms with van der Waals surface area (Å²) >= 11 is 0. The van der Waals surface area contributed by atoms with Gasteiger partial charge >= 0.3 is 0 Å². The minimum Gasteiger partial charge on any atom is -0.380 e. The maximum Gasteiger partial charge on any atom is 0.223 e. The summed E-state index contributed by atoms with van der Waals surface area (Å²) in [6.45, 7) is 7.96. The third kappa shape index (κ3) is 7.62. The van der Waals surface area contributed by atoms with Crippen LogP contribution in [0.3, 0.4) is 0 Å². The van der Waals surface area contributed by atoms with Crippen molar-refractivity contribution in [3.63, 3.8) is 0 Å². The molecule has 0 unspecified atom stereocenters. The van der Waals surface area contributed by atoms with Crippen molar-refractivity contribution in [2.45, 2.75) is 20.3 Å². The summed E-state index contributed by atoms with van der Waals surface area (Å²) in [5.41, 5.74) is 5.37. The fourth-order valence-corrected chi connectivity index (χ4v) is 1.28. The van der Waals surface area contributed by atoms with E-state index in [-0.39, 0.29) is 5.91 Å². The van der Waals surface area contributed by atoms with Gasteiger partial charge in [-0.05, 0) is 13.8 Å². The van der Waals surface area contributed by atoms with Crippen molar-refractivity contribution in [2.24, 2.45) is 5.73 Å². The number of hydrogen-bond donors (Lipinski definition) is 1. The van der Waals surface area contributed by atoms with Gasteiger partial charge < -0.3 is 20.1 Å². The molecule has 0 saturated heterocycles. The van der Waals surface area contributed by atoms with Crippen molar-refractivity contribution in [3.05, 3.63) is 0 Å². The van der Waals surface area contributed by atoms with E-state index in [1.54, 1.807) is 4.90 Å². The quantitative estimate of drug-likeness (QED) is 0.548. The lowest BCUT2D eigenvalue weighted by Gasteiger charge is -2.22. The molecule has 5 nitrogen and oxygen atoms in total. The number of amides is 1. The lowest BCUT2D eigenvalue weighted by atomic mass is 10.3. The fourth-order valence-electron chi connectivity index (χ4n) is 1.28. The molecule has 0 radical (unpaired) electrons. The molecule has 0 aliphatic heterocycles. The number of carbonyl (C=O) groups excluding carboxylic acids is 1. The molecule has 0 saturated carbocycles. The highest BCUT2D eigenvalue weighted by Crippen LogP contribution is 1.94. The Hall–Kier alpha value is -0.650. The van der Waals surface area contributed by atoms with E-state index < -0.39 is 0 Å². The summed E-state index contributed by atoms with van der Waals surface area (Å²) in [6.07, 6.45) is 0.387. The first kappa shape index (κ1) is 15.3. The normalized spacial score (nSPS) is 10.4. The average molecular weight is 232 g/mol. The van der Waals surface area contributed by atoms with Crippen LogP contribution in [0.2, 0.25) is 0 Å². The minimum absolute atomic E-state index is 0.0712. The summed E-state index contributed by atoms with van der Waals surface area (Å²) in [6, 6.07) is 0. The number of carbonyl (C=O) groups is 1. The van der Waals surface area contributed by atoms with Crippen LogP contribution in [0.5, 0.6) is 0 Å². The van der Waals surface area contributed by atoms with Crippen molar-refractivity contribution in [1.82, 2.24) is 4.90 Å². The van der Waals surface area contributed by atoms with Crippen LogP contribution in [0.4, 0.5) is 0 Å². The molecule has 0 heterocycles. The van der Waals surface area contributed by atoms with E-state index in [1.807, 2.05) is 13.8 Å². The van der Waals surface area contributed by atoms with Crippen LogP contribution in [0.25, 0.3) is 0 Å². The summed E-state index contributed by atoms with van der Waals surface area (Å²) in [5.74, 6) is 0.0712. The molecule has 0 aromatic heterocycles. The smallest absolute Gasteiger partial charge is 0.223 e. The number of rotatable bonds is 10. The molecule has 0 atom stereocenters. The van der Waals surface area contributed by atoms with Crippen LogP contribution < -0.4 is 5.73 Å². The molecule has 0 aromatic carbocycles. The predicted octanol–water partition coefficient (Wildman–Crippen LogP) is 0.237. The molecule has 0 spiro atoms. The molecule has 0 aromatic rings. The third-order valence-electron chi connectivity index (χ3n) is 2.13. The van der Waals surface area contributed by atoms with Gasteiger partial charge in [-0.2, -0.15) is 0 Å². The van der Waals surface area contributed by atoms with Gasteiger partial charge in [-0.25, -0.2) is 0 Å². The van der Waals surface area contributed by atoms with E-state index in [0.717, 1.165) is 0 Å². The Morgan fingerprint density at radius 2 is 1.62 bits per heavy atom. The molecule has 96 valence electrons. The van der Waals surface area contributed by atoms with Gasteiger partial charge in [0.1, 0.15) is 0 Å². The zero-order valence-electron chi connectivity index (χ0n) is 10.4. The molecule has 1 amide bonds. The Morgan fingerprint density at radius 1 is 1.12 bits per heavy atom. The Bertz CT molecular complexity index is 167. The number of hydrogen-bond acceptors (Lipinski definition) is 4. The largest absolute Gasteiger partial charge is 0.380 e. The highest BCUT2D eigenvalue weighted by molar-refractivity contribution is 5.76. The van der Waals surface area contributed by atoms with Gasteiger partial charge in [0.05, 0.1) is 13.2 Å².